The number of aromatic nitrogens is 3. The molecule has 0 amide bonds. The highest BCUT2D eigenvalue weighted by molar-refractivity contribution is 5.49. The zero-order chi connectivity index (χ0) is 19.2. The molecule has 0 spiro atoms. The quantitative estimate of drug-likeness (QED) is 0.766. The normalized spacial score (nSPS) is 12.4. The van der Waals surface area contributed by atoms with Crippen molar-refractivity contribution in [2.45, 2.75) is 58.9 Å². The second-order valence-electron chi connectivity index (χ2n) is 8.32. The van der Waals surface area contributed by atoms with Crippen molar-refractivity contribution in [1.82, 2.24) is 14.5 Å². The lowest BCUT2D eigenvalue weighted by Crippen LogP contribution is -2.43. The Kier molecular flexibility index (Phi) is 4.55. The van der Waals surface area contributed by atoms with Gasteiger partial charge in [-0.1, -0.05) is 41.5 Å². The van der Waals surface area contributed by atoms with E-state index in [0.29, 0.717) is 5.56 Å². The van der Waals surface area contributed by atoms with Crippen LogP contribution in [0.3, 0.4) is 0 Å². The molecular formula is C18H25N3O4. The average Bonchev–Trinajstić information content (AvgIpc) is 2.41. The lowest BCUT2D eigenvalue weighted by molar-refractivity contribution is 0.422. The Labute approximate surface area is 145 Å². The fraction of sp³-hybridized carbons (Fsp3) is 0.500. The third-order valence-electron chi connectivity index (χ3n) is 4.06. The number of hydrogen-bond donors (Lipinski definition) is 3. The molecule has 3 N–H and O–H groups in total. The molecule has 0 aliphatic rings. The zero-order valence-corrected chi connectivity index (χ0v) is 15.5. The van der Waals surface area contributed by atoms with Gasteiger partial charge in [0.25, 0.3) is 0 Å². The van der Waals surface area contributed by atoms with Gasteiger partial charge in [-0.15, -0.1) is 0 Å². The van der Waals surface area contributed by atoms with Crippen molar-refractivity contribution in [2.24, 2.45) is 0 Å². The third kappa shape index (κ3) is 3.92. The van der Waals surface area contributed by atoms with E-state index in [2.05, 4.69) is 0 Å². The van der Waals surface area contributed by atoms with E-state index >= 15 is 0 Å². The van der Waals surface area contributed by atoms with E-state index in [1.54, 1.807) is 12.1 Å². The van der Waals surface area contributed by atoms with Gasteiger partial charge in [0.2, 0.25) is 0 Å². The van der Waals surface area contributed by atoms with Crippen LogP contribution < -0.4 is 17.1 Å². The molecule has 1 aromatic carbocycles. The van der Waals surface area contributed by atoms with Gasteiger partial charge < -0.3 is 5.11 Å². The van der Waals surface area contributed by atoms with Crippen molar-refractivity contribution < 1.29 is 5.11 Å². The maximum absolute atomic E-state index is 11.9. The van der Waals surface area contributed by atoms with Gasteiger partial charge in [-0.2, -0.15) is 0 Å². The monoisotopic (exact) mass is 347 g/mol. The van der Waals surface area contributed by atoms with Crippen LogP contribution in [0.5, 0.6) is 5.75 Å². The SMILES string of the molecule is CC(C)(C)c1cc(Cn2c(=O)[nH]c(=O)[nH]c2=O)cc(C(C)(C)C)c1O. The minimum atomic E-state index is -0.831. The van der Waals surface area contributed by atoms with Gasteiger partial charge in [0, 0.05) is 0 Å². The lowest BCUT2D eigenvalue weighted by Gasteiger charge is -2.28. The van der Waals surface area contributed by atoms with Crippen LogP contribution >= 0.6 is 0 Å². The Balaban J connectivity index is 2.69. The number of rotatable bonds is 2. The highest BCUT2D eigenvalue weighted by Crippen LogP contribution is 2.39. The predicted octanol–water partition coefficient (Wildman–Crippen LogP) is 1.57. The van der Waals surface area contributed by atoms with Gasteiger partial charge in [0.15, 0.2) is 0 Å². The molecule has 0 aliphatic carbocycles. The number of hydrogen-bond acceptors (Lipinski definition) is 4. The van der Waals surface area contributed by atoms with E-state index in [0.717, 1.165) is 15.7 Å². The van der Waals surface area contributed by atoms with E-state index in [1.165, 1.54) is 0 Å². The Bertz CT molecular complexity index is 897. The van der Waals surface area contributed by atoms with Crippen molar-refractivity contribution >= 4 is 0 Å². The van der Waals surface area contributed by atoms with E-state index in [9.17, 15) is 19.5 Å². The van der Waals surface area contributed by atoms with Crippen LogP contribution in [-0.2, 0) is 17.4 Å². The van der Waals surface area contributed by atoms with Crippen molar-refractivity contribution in [2.75, 3.05) is 0 Å². The summed E-state index contributed by atoms with van der Waals surface area (Å²) in [6, 6.07) is 3.59. The topological polar surface area (TPSA) is 108 Å². The molecule has 0 unspecified atom stereocenters. The molecule has 0 atom stereocenters. The molecule has 0 bridgehead atoms. The second kappa shape index (κ2) is 6.06. The first-order valence-electron chi connectivity index (χ1n) is 8.11. The van der Waals surface area contributed by atoms with E-state index in [1.807, 2.05) is 51.5 Å². The molecule has 0 radical (unpaired) electrons. The average molecular weight is 347 g/mol. The van der Waals surface area contributed by atoms with Crippen molar-refractivity contribution in [3.05, 3.63) is 60.3 Å². The molecule has 136 valence electrons. The molecule has 0 saturated heterocycles. The van der Waals surface area contributed by atoms with Gasteiger partial charge in [-0.3, -0.25) is 9.97 Å². The molecule has 0 saturated carbocycles. The summed E-state index contributed by atoms with van der Waals surface area (Å²) in [7, 11) is 0. The number of nitrogens with zero attached hydrogens (tertiary/aromatic N) is 1. The summed E-state index contributed by atoms with van der Waals surface area (Å²) in [5.74, 6) is 0.228. The summed E-state index contributed by atoms with van der Waals surface area (Å²) in [6.45, 7) is 11.9. The summed E-state index contributed by atoms with van der Waals surface area (Å²) < 4.78 is 0.923. The van der Waals surface area contributed by atoms with Crippen molar-refractivity contribution in [1.29, 1.82) is 0 Å². The largest absolute Gasteiger partial charge is 0.507 e. The first kappa shape index (κ1) is 18.8. The minimum Gasteiger partial charge on any atom is -0.507 e. The van der Waals surface area contributed by atoms with Crippen molar-refractivity contribution in [3.63, 3.8) is 0 Å². The number of benzene rings is 1. The third-order valence-corrected chi connectivity index (χ3v) is 4.06. The molecule has 0 fully saturated rings. The van der Waals surface area contributed by atoms with Gasteiger partial charge in [0.1, 0.15) is 5.75 Å². The molecule has 2 rings (SSSR count). The second-order valence-corrected chi connectivity index (χ2v) is 8.32. The standard InChI is InChI=1S/C18H25N3O4/c1-17(2,3)11-7-10(8-12(13(11)22)18(4,5)6)9-21-15(24)19-14(23)20-16(21)25/h7-8,22H,9H2,1-6H3,(H2,19,20,23,24,25). The van der Waals surface area contributed by atoms with Crippen LogP contribution in [-0.4, -0.2) is 19.6 Å². The van der Waals surface area contributed by atoms with Gasteiger partial charge in [-0.05, 0) is 39.7 Å². The summed E-state index contributed by atoms with van der Waals surface area (Å²) in [5.41, 5.74) is -0.819. The van der Waals surface area contributed by atoms with Crippen LogP contribution in [0.15, 0.2) is 26.5 Å². The number of aromatic amines is 2. The highest BCUT2D eigenvalue weighted by Gasteiger charge is 2.26. The summed E-state index contributed by atoms with van der Waals surface area (Å²) >= 11 is 0. The molecule has 2 aromatic rings. The van der Waals surface area contributed by atoms with E-state index in [-0.39, 0.29) is 23.1 Å². The molecular weight excluding hydrogens is 322 g/mol. The fourth-order valence-electron chi connectivity index (χ4n) is 2.71. The highest BCUT2D eigenvalue weighted by atomic mass is 16.3. The molecule has 7 nitrogen and oxygen atoms in total. The molecule has 1 aromatic heterocycles. The molecule has 7 heteroatoms. The van der Waals surface area contributed by atoms with Crippen LogP contribution in [0.1, 0.15) is 58.2 Å². The van der Waals surface area contributed by atoms with E-state index in [4.69, 9.17) is 0 Å². The first-order chi connectivity index (χ1) is 11.3. The summed E-state index contributed by atoms with van der Waals surface area (Å²) in [4.78, 5) is 39.1. The smallest absolute Gasteiger partial charge is 0.333 e. The Morgan fingerprint density at radius 2 is 1.28 bits per heavy atom. The Hall–Kier alpha value is -2.57. The Morgan fingerprint density at radius 3 is 1.64 bits per heavy atom. The number of H-pyrrole nitrogens is 2. The molecule has 25 heavy (non-hydrogen) atoms. The number of nitrogens with one attached hydrogen (secondary N) is 2. The van der Waals surface area contributed by atoms with Crippen LogP contribution in [0.25, 0.3) is 0 Å². The zero-order valence-electron chi connectivity index (χ0n) is 15.5. The number of phenols is 1. The fourth-order valence-corrected chi connectivity index (χ4v) is 2.71. The van der Waals surface area contributed by atoms with E-state index < -0.39 is 17.1 Å². The van der Waals surface area contributed by atoms with Crippen molar-refractivity contribution in [3.8, 4) is 5.75 Å². The Morgan fingerprint density at radius 1 is 0.880 bits per heavy atom. The minimum absolute atomic E-state index is 0.00259. The van der Waals surface area contributed by atoms with Gasteiger partial charge in [0.05, 0.1) is 6.54 Å². The van der Waals surface area contributed by atoms with Gasteiger partial charge in [-0.25, -0.2) is 19.0 Å². The maximum atomic E-state index is 11.9. The van der Waals surface area contributed by atoms with Crippen LogP contribution in [0, 0.1) is 0 Å². The predicted molar refractivity (Wildman–Crippen MR) is 96.6 cm³/mol. The first-order valence-corrected chi connectivity index (χ1v) is 8.11. The number of aromatic hydroxyl groups is 1. The van der Waals surface area contributed by atoms with Gasteiger partial charge >= 0.3 is 17.1 Å². The van der Waals surface area contributed by atoms with Crippen LogP contribution in [0.2, 0.25) is 0 Å². The molecule has 0 aliphatic heterocycles. The lowest BCUT2D eigenvalue weighted by atomic mass is 9.78. The van der Waals surface area contributed by atoms with Crippen LogP contribution in [0.4, 0.5) is 0 Å². The molecule has 1 heterocycles. The summed E-state index contributed by atoms with van der Waals surface area (Å²) in [6.07, 6.45) is 0. The number of phenolic OH excluding ortho intramolecular Hbond substituents is 1. The maximum Gasteiger partial charge on any atom is 0.333 e. The summed E-state index contributed by atoms with van der Waals surface area (Å²) in [5, 5.41) is 10.7.